The summed E-state index contributed by atoms with van der Waals surface area (Å²) in [5.41, 5.74) is 5.00. The van der Waals surface area contributed by atoms with E-state index in [0.29, 0.717) is 5.69 Å². The molecule has 0 bridgehead atoms. The molecule has 2 rings (SSSR count). The number of nitrogens with zero attached hydrogens (tertiary/aromatic N) is 2. The Hall–Kier alpha value is -2.43. The Morgan fingerprint density at radius 2 is 1.93 bits per heavy atom. The first kappa shape index (κ1) is 20.9. The van der Waals surface area contributed by atoms with Crippen molar-refractivity contribution < 1.29 is 13.2 Å². The molecule has 0 saturated heterocycles. The minimum atomic E-state index is -3.83. The monoisotopic (exact) mass is 413 g/mol. The van der Waals surface area contributed by atoms with Gasteiger partial charge in [0.2, 0.25) is 16.0 Å². The molecule has 1 amide bonds. The molecule has 1 heterocycles. The van der Waals surface area contributed by atoms with E-state index in [0.717, 1.165) is 0 Å². The Kier molecular flexibility index (Phi) is 6.58. The van der Waals surface area contributed by atoms with Crippen LogP contribution in [0.4, 0.5) is 5.95 Å². The predicted molar refractivity (Wildman–Crippen MR) is 102 cm³/mol. The second-order valence-electron chi connectivity index (χ2n) is 5.55. The molecular weight excluding hydrogens is 394 g/mol. The number of hydrogen-bond donors (Lipinski definition) is 3. The molecule has 0 unspecified atom stereocenters. The standard InChI is InChI=1S/C16H20ClN5O4S/c1-4-22(5-2)27(25,26)13-9-11(6-7-12(13)17)15(24)20-21-16-18-10(3)8-14(23)19-16/h6-9H,4-5H2,1-3H3,(H,20,24)(H2,18,19,21,23). The summed E-state index contributed by atoms with van der Waals surface area (Å²) in [6.45, 7) is 5.61. The average Bonchev–Trinajstić information content (AvgIpc) is 2.60. The smallest absolute Gasteiger partial charge is 0.269 e. The number of aromatic nitrogens is 2. The number of aryl methyl sites for hydroxylation is 1. The van der Waals surface area contributed by atoms with Gasteiger partial charge in [0.25, 0.3) is 11.5 Å². The number of carbonyl (C=O) groups excluding carboxylic acids is 1. The van der Waals surface area contributed by atoms with E-state index in [1.807, 2.05) is 0 Å². The largest absolute Gasteiger partial charge is 0.291 e. The number of hydrazine groups is 1. The number of halogens is 1. The molecule has 9 nitrogen and oxygen atoms in total. The number of H-pyrrole nitrogens is 1. The van der Waals surface area contributed by atoms with Crippen molar-refractivity contribution in [3.63, 3.8) is 0 Å². The van der Waals surface area contributed by atoms with Crippen LogP contribution in [0.1, 0.15) is 29.9 Å². The number of nitrogens with one attached hydrogen (secondary N) is 3. The van der Waals surface area contributed by atoms with Crippen LogP contribution in [0, 0.1) is 6.92 Å². The van der Waals surface area contributed by atoms with Crippen molar-refractivity contribution in [1.82, 2.24) is 19.7 Å². The first-order valence-corrected chi connectivity index (χ1v) is 9.94. The fourth-order valence-electron chi connectivity index (χ4n) is 2.37. The third-order valence-electron chi connectivity index (χ3n) is 3.68. The van der Waals surface area contributed by atoms with Crippen molar-refractivity contribution in [3.05, 3.63) is 50.9 Å². The molecule has 0 fully saturated rings. The van der Waals surface area contributed by atoms with Gasteiger partial charge in [-0.25, -0.2) is 13.4 Å². The van der Waals surface area contributed by atoms with E-state index in [4.69, 9.17) is 11.6 Å². The van der Waals surface area contributed by atoms with Crippen molar-refractivity contribution in [2.45, 2.75) is 25.7 Å². The maximum absolute atomic E-state index is 12.7. The van der Waals surface area contributed by atoms with Crippen LogP contribution < -0.4 is 16.4 Å². The fourth-order valence-corrected chi connectivity index (χ4v) is 4.33. The quantitative estimate of drug-likeness (QED) is 0.591. The number of hydrogen-bond acceptors (Lipinski definition) is 6. The van der Waals surface area contributed by atoms with Gasteiger partial charge in [-0.3, -0.25) is 25.4 Å². The summed E-state index contributed by atoms with van der Waals surface area (Å²) in [6.07, 6.45) is 0. The van der Waals surface area contributed by atoms with E-state index in [1.165, 1.54) is 28.6 Å². The number of amides is 1. The van der Waals surface area contributed by atoms with Crippen LogP contribution in [0.3, 0.4) is 0 Å². The van der Waals surface area contributed by atoms with E-state index < -0.39 is 15.9 Å². The lowest BCUT2D eigenvalue weighted by Crippen LogP contribution is -2.33. The van der Waals surface area contributed by atoms with Gasteiger partial charge < -0.3 is 0 Å². The van der Waals surface area contributed by atoms with Crippen LogP contribution in [-0.2, 0) is 10.0 Å². The van der Waals surface area contributed by atoms with Crippen LogP contribution in [0.5, 0.6) is 0 Å². The molecule has 27 heavy (non-hydrogen) atoms. The van der Waals surface area contributed by atoms with Gasteiger partial charge in [-0.2, -0.15) is 4.31 Å². The maximum Gasteiger partial charge on any atom is 0.269 e. The van der Waals surface area contributed by atoms with Gasteiger partial charge in [0, 0.05) is 30.4 Å². The molecular formula is C16H20ClN5O4S. The molecule has 0 radical (unpaired) electrons. The topological polar surface area (TPSA) is 124 Å². The normalized spacial score (nSPS) is 11.4. The van der Waals surface area contributed by atoms with Crippen molar-refractivity contribution in [2.24, 2.45) is 0 Å². The number of sulfonamides is 1. The second kappa shape index (κ2) is 8.51. The minimum Gasteiger partial charge on any atom is -0.291 e. The zero-order chi connectivity index (χ0) is 20.2. The van der Waals surface area contributed by atoms with Crippen LogP contribution in [0.15, 0.2) is 34.0 Å². The molecule has 1 aromatic carbocycles. The third kappa shape index (κ3) is 4.85. The highest BCUT2D eigenvalue weighted by atomic mass is 35.5. The summed E-state index contributed by atoms with van der Waals surface area (Å²) in [6, 6.07) is 5.25. The Morgan fingerprint density at radius 1 is 1.26 bits per heavy atom. The van der Waals surface area contributed by atoms with Gasteiger partial charge in [0.15, 0.2) is 0 Å². The number of aromatic amines is 1. The molecule has 0 atom stereocenters. The summed E-state index contributed by atoms with van der Waals surface area (Å²) in [5, 5.41) is 0.0242. The van der Waals surface area contributed by atoms with Crippen molar-refractivity contribution >= 4 is 33.5 Å². The van der Waals surface area contributed by atoms with Crippen LogP contribution >= 0.6 is 11.6 Å². The molecule has 1 aromatic heterocycles. The van der Waals surface area contributed by atoms with Crippen LogP contribution in [-0.4, -0.2) is 41.7 Å². The highest BCUT2D eigenvalue weighted by Crippen LogP contribution is 2.25. The summed E-state index contributed by atoms with van der Waals surface area (Å²) < 4.78 is 26.6. The SMILES string of the molecule is CCN(CC)S(=O)(=O)c1cc(C(=O)NNc2nc(C)cc(=O)[nH]2)ccc1Cl. The summed E-state index contributed by atoms with van der Waals surface area (Å²) in [4.78, 5) is 30.0. The zero-order valence-corrected chi connectivity index (χ0v) is 16.6. The van der Waals surface area contributed by atoms with Gasteiger partial charge in [-0.05, 0) is 25.1 Å². The first-order valence-electron chi connectivity index (χ1n) is 8.13. The number of rotatable bonds is 7. The second-order valence-corrected chi connectivity index (χ2v) is 7.86. The predicted octanol–water partition coefficient (Wildman–Crippen LogP) is 1.52. The Labute approximate surface area is 161 Å². The van der Waals surface area contributed by atoms with E-state index >= 15 is 0 Å². The minimum absolute atomic E-state index is 0.0242. The lowest BCUT2D eigenvalue weighted by atomic mass is 10.2. The maximum atomic E-state index is 12.7. The Morgan fingerprint density at radius 3 is 2.52 bits per heavy atom. The fraction of sp³-hybridized carbons (Fsp3) is 0.312. The summed E-state index contributed by atoms with van der Waals surface area (Å²) in [5.74, 6) is -0.565. The molecule has 2 aromatic rings. The molecule has 0 spiro atoms. The van der Waals surface area contributed by atoms with Crippen LogP contribution in [0.25, 0.3) is 0 Å². The Bertz CT molecular complexity index is 1000. The van der Waals surface area contributed by atoms with Gasteiger partial charge >= 0.3 is 0 Å². The van der Waals surface area contributed by atoms with E-state index in [-0.39, 0.29) is 40.1 Å². The lowest BCUT2D eigenvalue weighted by Gasteiger charge is -2.19. The molecule has 0 aliphatic carbocycles. The van der Waals surface area contributed by atoms with E-state index in [2.05, 4.69) is 20.8 Å². The molecule has 3 N–H and O–H groups in total. The third-order valence-corrected chi connectivity index (χ3v) is 6.21. The van der Waals surface area contributed by atoms with Gasteiger partial charge in [0.1, 0.15) is 4.90 Å². The lowest BCUT2D eigenvalue weighted by molar-refractivity contribution is 0.0962. The van der Waals surface area contributed by atoms with E-state index in [1.54, 1.807) is 20.8 Å². The Balaban J connectivity index is 2.26. The van der Waals surface area contributed by atoms with Crippen molar-refractivity contribution in [2.75, 3.05) is 18.5 Å². The van der Waals surface area contributed by atoms with Crippen molar-refractivity contribution in [3.8, 4) is 0 Å². The van der Waals surface area contributed by atoms with Gasteiger partial charge in [0.05, 0.1) is 5.02 Å². The number of benzene rings is 1. The molecule has 0 saturated carbocycles. The number of carbonyl (C=O) groups is 1. The summed E-state index contributed by atoms with van der Waals surface area (Å²) in [7, 11) is -3.83. The zero-order valence-electron chi connectivity index (χ0n) is 15.0. The van der Waals surface area contributed by atoms with Crippen LogP contribution in [0.2, 0.25) is 5.02 Å². The van der Waals surface area contributed by atoms with E-state index in [9.17, 15) is 18.0 Å². The molecule has 146 valence electrons. The average molecular weight is 414 g/mol. The molecule has 0 aliphatic rings. The van der Waals surface area contributed by atoms with Crippen molar-refractivity contribution in [1.29, 1.82) is 0 Å². The highest BCUT2D eigenvalue weighted by molar-refractivity contribution is 7.89. The van der Waals surface area contributed by atoms with Gasteiger partial charge in [-0.1, -0.05) is 25.4 Å². The van der Waals surface area contributed by atoms with Gasteiger partial charge in [-0.15, -0.1) is 0 Å². The number of anilines is 1. The molecule has 0 aliphatic heterocycles. The highest BCUT2D eigenvalue weighted by Gasteiger charge is 2.25. The summed E-state index contributed by atoms with van der Waals surface area (Å²) >= 11 is 6.05. The first-order chi connectivity index (χ1) is 12.7. The molecule has 11 heteroatoms.